The number of aromatic nitrogens is 1. The number of esters is 1. The van der Waals surface area contributed by atoms with E-state index in [-0.39, 0.29) is 5.97 Å². The molecule has 0 aliphatic heterocycles. The predicted molar refractivity (Wildman–Crippen MR) is 72.9 cm³/mol. The molecule has 1 aromatic heterocycles. The van der Waals surface area contributed by atoms with Crippen LogP contribution in [0.3, 0.4) is 0 Å². The van der Waals surface area contributed by atoms with Gasteiger partial charge in [-0.1, -0.05) is 11.6 Å². The normalized spacial score (nSPS) is 10.8. The summed E-state index contributed by atoms with van der Waals surface area (Å²) in [6.07, 6.45) is 3.12. The number of nitrogens with zero attached hydrogens (tertiary/aromatic N) is 1. The zero-order valence-electron chi connectivity index (χ0n) is 10.6. The number of carbonyl (C=O) groups excluding carboxylic acids is 1. The van der Waals surface area contributed by atoms with Crippen LogP contribution in [0.25, 0.3) is 10.9 Å². The van der Waals surface area contributed by atoms with Gasteiger partial charge in [0.05, 0.1) is 6.61 Å². The molecule has 0 N–H and O–H groups in total. The lowest BCUT2D eigenvalue weighted by atomic mass is 10.1. The standard InChI is InChI=1S/C14H16ClNO2/c1-3-18-14(17)7-4-10-9-16(2)13-6-5-11(15)8-12(10)13/h5-6,8-9H,3-4,7H2,1-2H3. The van der Waals surface area contributed by atoms with Gasteiger partial charge in [-0.2, -0.15) is 0 Å². The summed E-state index contributed by atoms with van der Waals surface area (Å²) in [7, 11) is 1.99. The van der Waals surface area contributed by atoms with Gasteiger partial charge in [0.2, 0.25) is 0 Å². The number of ether oxygens (including phenoxy) is 1. The SMILES string of the molecule is CCOC(=O)CCc1cn(C)c2ccc(Cl)cc12. The predicted octanol–water partition coefficient (Wildman–Crippen LogP) is 3.33. The number of rotatable bonds is 4. The highest BCUT2D eigenvalue weighted by atomic mass is 35.5. The molecule has 0 saturated carbocycles. The Morgan fingerprint density at radius 2 is 2.22 bits per heavy atom. The van der Waals surface area contributed by atoms with Crippen LogP contribution >= 0.6 is 11.6 Å². The van der Waals surface area contributed by atoms with E-state index in [0.717, 1.165) is 16.5 Å². The Morgan fingerprint density at radius 3 is 2.94 bits per heavy atom. The maximum atomic E-state index is 11.4. The Labute approximate surface area is 111 Å². The second kappa shape index (κ2) is 5.44. The van der Waals surface area contributed by atoms with Gasteiger partial charge >= 0.3 is 5.97 Å². The molecule has 2 aromatic rings. The smallest absolute Gasteiger partial charge is 0.306 e. The Hall–Kier alpha value is -1.48. The number of benzene rings is 1. The van der Waals surface area contributed by atoms with Gasteiger partial charge in [-0.15, -0.1) is 0 Å². The van der Waals surface area contributed by atoms with Crippen molar-refractivity contribution in [2.24, 2.45) is 7.05 Å². The van der Waals surface area contributed by atoms with Gasteiger partial charge in [0, 0.05) is 35.6 Å². The van der Waals surface area contributed by atoms with E-state index < -0.39 is 0 Å². The third-order valence-electron chi connectivity index (χ3n) is 2.94. The van der Waals surface area contributed by atoms with Crippen LogP contribution in [0, 0.1) is 0 Å². The van der Waals surface area contributed by atoms with E-state index in [1.54, 1.807) is 0 Å². The van der Waals surface area contributed by atoms with Crippen LogP contribution in [0.5, 0.6) is 0 Å². The van der Waals surface area contributed by atoms with Crippen LogP contribution in [0.1, 0.15) is 18.9 Å². The Bertz CT molecular complexity index is 574. The van der Waals surface area contributed by atoms with Gasteiger partial charge in [-0.25, -0.2) is 0 Å². The summed E-state index contributed by atoms with van der Waals surface area (Å²) in [4.78, 5) is 11.4. The summed E-state index contributed by atoms with van der Waals surface area (Å²) in [6.45, 7) is 2.25. The highest BCUT2D eigenvalue weighted by Crippen LogP contribution is 2.25. The third-order valence-corrected chi connectivity index (χ3v) is 3.17. The molecule has 2 rings (SSSR count). The van der Waals surface area contributed by atoms with E-state index in [0.29, 0.717) is 24.5 Å². The molecule has 4 heteroatoms. The molecule has 18 heavy (non-hydrogen) atoms. The van der Waals surface area contributed by atoms with E-state index in [2.05, 4.69) is 0 Å². The molecule has 0 aliphatic rings. The van der Waals surface area contributed by atoms with E-state index in [1.165, 1.54) is 0 Å². The quantitative estimate of drug-likeness (QED) is 0.794. The molecule has 0 amide bonds. The van der Waals surface area contributed by atoms with Crippen LogP contribution in [0.2, 0.25) is 5.02 Å². The minimum absolute atomic E-state index is 0.156. The molecule has 0 aliphatic carbocycles. The summed E-state index contributed by atoms with van der Waals surface area (Å²) in [5.41, 5.74) is 2.25. The first kappa shape index (κ1) is 13.0. The summed E-state index contributed by atoms with van der Waals surface area (Å²) in [5.74, 6) is -0.156. The van der Waals surface area contributed by atoms with Gasteiger partial charge in [0.15, 0.2) is 0 Å². The summed E-state index contributed by atoms with van der Waals surface area (Å²) in [5, 5.41) is 1.82. The van der Waals surface area contributed by atoms with Crippen molar-refractivity contribution in [2.45, 2.75) is 19.8 Å². The van der Waals surface area contributed by atoms with Gasteiger partial charge < -0.3 is 9.30 Å². The maximum absolute atomic E-state index is 11.4. The molecular weight excluding hydrogens is 250 g/mol. The van der Waals surface area contributed by atoms with Crippen LogP contribution in [-0.4, -0.2) is 17.1 Å². The molecule has 0 spiro atoms. The van der Waals surface area contributed by atoms with Crippen molar-refractivity contribution in [3.63, 3.8) is 0 Å². The maximum Gasteiger partial charge on any atom is 0.306 e. The number of hydrogen-bond donors (Lipinski definition) is 0. The number of halogens is 1. The van der Waals surface area contributed by atoms with Crippen LogP contribution in [-0.2, 0) is 23.0 Å². The molecule has 96 valence electrons. The number of hydrogen-bond acceptors (Lipinski definition) is 2. The van der Waals surface area contributed by atoms with Crippen molar-refractivity contribution in [1.82, 2.24) is 4.57 Å². The largest absolute Gasteiger partial charge is 0.466 e. The first-order valence-electron chi connectivity index (χ1n) is 6.01. The van der Waals surface area contributed by atoms with Crippen molar-refractivity contribution in [2.75, 3.05) is 6.61 Å². The second-order valence-electron chi connectivity index (χ2n) is 4.23. The van der Waals surface area contributed by atoms with Crippen LogP contribution in [0.4, 0.5) is 0 Å². The van der Waals surface area contributed by atoms with E-state index in [1.807, 2.05) is 42.9 Å². The molecule has 1 aromatic carbocycles. The Kier molecular flexibility index (Phi) is 3.92. The van der Waals surface area contributed by atoms with Gasteiger partial charge in [-0.05, 0) is 37.1 Å². The molecule has 0 saturated heterocycles. The van der Waals surface area contributed by atoms with Gasteiger partial charge in [0.25, 0.3) is 0 Å². The lowest BCUT2D eigenvalue weighted by Crippen LogP contribution is -2.04. The summed E-state index contributed by atoms with van der Waals surface area (Å²) >= 11 is 6.01. The third kappa shape index (κ3) is 2.67. The first-order chi connectivity index (χ1) is 8.61. The average molecular weight is 266 g/mol. The topological polar surface area (TPSA) is 31.2 Å². The average Bonchev–Trinajstić information content (AvgIpc) is 2.63. The van der Waals surface area contributed by atoms with Crippen LogP contribution in [0.15, 0.2) is 24.4 Å². The lowest BCUT2D eigenvalue weighted by Gasteiger charge is -2.01. The van der Waals surface area contributed by atoms with E-state index >= 15 is 0 Å². The fourth-order valence-electron chi connectivity index (χ4n) is 2.11. The van der Waals surface area contributed by atoms with E-state index in [9.17, 15) is 4.79 Å². The molecule has 0 atom stereocenters. The summed E-state index contributed by atoms with van der Waals surface area (Å²) < 4.78 is 6.98. The summed E-state index contributed by atoms with van der Waals surface area (Å²) in [6, 6.07) is 5.81. The molecule has 0 fully saturated rings. The Morgan fingerprint density at radius 1 is 1.44 bits per heavy atom. The number of aryl methyl sites for hydroxylation is 2. The first-order valence-corrected chi connectivity index (χ1v) is 6.38. The highest BCUT2D eigenvalue weighted by Gasteiger charge is 2.09. The fraction of sp³-hybridized carbons (Fsp3) is 0.357. The van der Waals surface area contributed by atoms with Crippen molar-refractivity contribution in [3.8, 4) is 0 Å². The molecule has 1 heterocycles. The zero-order chi connectivity index (χ0) is 13.1. The monoisotopic (exact) mass is 265 g/mol. The van der Waals surface area contributed by atoms with Crippen molar-refractivity contribution >= 4 is 28.5 Å². The van der Waals surface area contributed by atoms with Gasteiger partial charge in [0.1, 0.15) is 0 Å². The van der Waals surface area contributed by atoms with Crippen molar-refractivity contribution < 1.29 is 9.53 Å². The van der Waals surface area contributed by atoms with Crippen LogP contribution < -0.4 is 0 Å². The lowest BCUT2D eigenvalue weighted by molar-refractivity contribution is -0.143. The fourth-order valence-corrected chi connectivity index (χ4v) is 2.29. The highest BCUT2D eigenvalue weighted by molar-refractivity contribution is 6.31. The second-order valence-corrected chi connectivity index (χ2v) is 4.67. The van der Waals surface area contributed by atoms with Gasteiger partial charge in [-0.3, -0.25) is 4.79 Å². The number of carbonyl (C=O) groups is 1. The molecular formula is C14H16ClNO2. The molecule has 0 radical (unpaired) electrons. The molecule has 3 nitrogen and oxygen atoms in total. The Balaban J connectivity index is 2.23. The number of fused-ring (bicyclic) bond motifs is 1. The molecule has 0 bridgehead atoms. The van der Waals surface area contributed by atoms with Crippen molar-refractivity contribution in [3.05, 3.63) is 35.0 Å². The van der Waals surface area contributed by atoms with Crippen molar-refractivity contribution in [1.29, 1.82) is 0 Å². The minimum Gasteiger partial charge on any atom is -0.466 e. The molecule has 0 unspecified atom stereocenters. The minimum atomic E-state index is -0.156. The zero-order valence-corrected chi connectivity index (χ0v) is 11.3. The van der Waals surface area contributed by atoms with E-state index in [4.69, 9.17) is 16.3 Å².